The van der Waals surface area contributed by atoms with Crippen LogP contribution in [0, 0.1) is 18.3 Å². The summed E-state index contributed by atoms with van der Waals surface area (Å²) in [4.78, 5) is 17.0. The normalized spacial score (nSPS) is 28.9. The molecule has 6 nitrogen and oxygen atoms in total. The summed E-state index contributed by atoms with van der Waals surface area (Å²) in [6.45, 7) is 6.84. The van der Waals surface area contributed by atoms with Gasteiger partial charge >= 0.3 is 5.97 Å². The van der Waals surface area contributed by atoms with E-state index in [1.165, 1.54) is 0 Å². The molecule has 1 aliphatic heterocycles. The Labute approximate surface area is 134 Å². The second kappa shape index (κ2) is 5.03. The van der Waals surface area contributed by atoms with Crippen molar-refractivity contribution in [2.24, 2.45) is 11.3 Å². The van der Waals surface area contributed by atoms with Gasteiger partial charge in [0.05, 0.1) is 11.8 Å². The van der Waals surface area contributed by atoms with Gasteiger partial charge in [-0.05, 0) is 25.8 Å². The molecule has 23 heavy (non-hydrogen) atoms. The van der Waals surface area contributed by atoms with Crippen molar-refractivity contribution in [3.05, 3.63) is 29.7 Å². The van der Waals surface area contributed by atoms with Crippen LogP contribution in [0.3, 0.4) is 0 Å². The van der Waals surface area contributed by atoms with E-state index in [1.807, 2.05) is 6.92 Å². The summed E-state index contributed by atoms with van der Waals surface area (Å²) < 4.78 is 13.4. The number of rotatable bonds is 2. The Balaban J connectivity index is 1.61. The number of carbonyl (C=O) groups excluding carboxylic acids is 1. The number of aromatic nitrogens is 3. The van der Waals surface area contributed by atoms with Gasteiger partial charge in [-0.25, -0.2) is 14.3 Å². The summed E-state index contributed by atoms with van der Waals surface area (Å²) in [6.07, 6.45) is 5.60. The van der Waals surface area contributed by atoms with E-state index in [1.54, 1.807) is 23.0 Å². The number of ether oxygens (including phenoxy) is 2. The highest BCUT2D eigenvalue weighted by Gasteiger charge is 2.60. The van der Waals surface area contributed by atoms with Crippen molar-refractivity contribution in [1.82, 2.24) is 14.6 Å². The molecule has 4 rings (SSSR count). The molecule has 2 aliphatic rings. The first kappa shape index (κ1) is 14.6. The molecule has 3 atom stereocenters. The average molecular weight is 315 g/mol. The van der Waals surface area contributed by atoms with Crippen LogP contribution in [0.2, 0.25) is 0 Å². The van der Waals surface area contributed by atoms with E-state index in [9.17, 15) is 4.79 Å². The number of fused-ring (bicyclic) bond motifs is 2. The minimum atomic E-state index is -0.335. The number of aryl methyl sites for hydroxylation is 1. The Morgan fingerprint density at radius 1 is 1.48 bits per heavy atom. The van der Waals surface area contributed by atoms with Crippen molar-refractivity contribution in [3.63, 3.8) is 0 Å². The van der Waals surface area contributed by atoms with Gasteiger partial charge in [0.25, 0.3) is 0 Å². The molecule has 122 valence electrons. The minimum absolute atomic E-state index is 0.113. The molecule has 0 amide bonds. The number of esters is 1. The van der Waals surface area contributed by atoms with Crippen molar-refractivity contribution in [3.8, 4) is 0 Å². The topological polar surface area (TPSA) is 65.7 Å². The molecule has 0 bridgehead atoms. The molecule has 2 fully saturated rings. The van der Waals surface area contributed by atoms with Gasteiger partial charge in [0, 0.05) is 30.3 Å². The molecule has 3 unspecified atom stereocenters. The summed E-state index contributed by atoms with van der Waals surface area (Å²) in [5, 5.41) is 4.33. The molecule has 0 spiro atoms. The zero-order chi connectivity index (χ0) is 16.2. The average Bonchev–Trinajstić information content (AvgIpc) is 2.88. The first-order valence-corrected chi connectivity index (χ1v) is 8.12. The van der Waals surface area contributed by atoms with Crippen LogP contribution >= 0.6 is 0 Å². The molecule has 6 heteroatoms. The van der Waals surface area contributed by atoms with E-state index < -0.39 is 0 Å². The van der Waals surface area contributed by atoms with Gasteiger partial charge in [0.2, 0.25) is 0 Å². The third-order valence-electron chi connectivity index (χ3n) is 5.23. The Morgan fingerprint density at radius 2 is 2.30 bits per heavy atom. The Hall–Kier alpha value is -1.95. The zero-order valence-corrected chi connectivity index (χ0v) is 13.7. The maximum atomic E-state index is 12.7. The van der Waals surface area contributed by atoms with Crippen molar-refractivity contribution >= 4 is 11.6 Å². The lowest BCUT2D eigenvalue weighted by Crippen LogP contribution is -2.65. The summed E-state index contributed by atoms with van der Waals surface area (Å²) >= 11 is 0. The van der Waals surface area contributed by atoms with Crippen LogP contribution in [0.25, 0.3) is 5.65 Å². The summed E-state index contributed by atoms with van der Waals surface area (Å²) in [7, 11) is 0. The van der Waals surface area contributed by atoms with E-state index in [-0.39, 0.29) is 23.6 Å². The Morgan fingerprint density at radius 3 is 3.13 bits per heavy atom. The monoisotopic (exact) mass is 315 g/mol. The van der Waals surface area contributed by atoms with Crippen molar-refractivity contribution in [2.75, 3.05) is 6.61 Å². The molecule has 1 aliphatic carbocycles. The quantitative estimate of drug-likeness (QED) is 0.796. The lowest BCUT2D eigenvalue weighted by Gasteiger charge is -2.58. The standard InChI is InChI=1S/C17H21N3O3/c1-10-12(15-18-7-5-8-20(15)19-10)16(21)23-14-11-6-4-9-22-13(11)17(14,2)3/h5,7-8,11,13-14H,4,6,9H2,1-3H3. The summed E-state index contributed by atoms with van der Waals surface area (Å²) in [5.74, 6) is -0.0314. The number of carbonyl (C=O) groups is 1. The Bertz CT molecular complexity index is 768. The predicted molar refractivity (Wildman–Crippen MR) is 83.2 cm³/mol. The van der Waals surface area contributed by atoms with Crippen LogP contribution < -0.4 is 0 Å². The minimum Gasteiger partial charge on any atom is -0.458 e. The molecule has 1 saturated heterocycles. The van der Waals surface area contributed by atoms with Gasteiger partial charge in [-0.1, -0.05) is 13.8 Å². The second-order valence-corrected chi connectivity index (χ2v) is 7.09. The number of nitrogens with zero attached hydrogens (tertiary/aromatic N) is 3. The van der Waals surface area contributed by atoms with E-state index in [4.69, 9.17) is 9.47 Å². The predicted octanol–water partition coefficient (Wildman–Crippen LogP) is 2.40. The Kier molecular flexibility index (Phi) is 3.20. The number of hydrogen-bond donors (Lipinski definition) is 0. The van der Waals surface area contributed by atoms with Gasteiger partial charge in [0.1, 0.15) is 11.7 Å². The van der Waals surface area contributed by atoms with Gasteiger partial charge in [-0.3, -0.25) is 0 Å². The fraction of sp³-hybridized carbons (Fsp3) is 0.588. The van der Waals surface area contributed by atoms with E-state index >= 15 is 0 Å². The van der Waals surface area contributed by atoms with Crippen LogP contribution in [0.5, 0.6) is 0 Å². The van der Waals surface area contributed by atoms with Crippen molar-refractivity contribution in [1.29, 1.82) is 0 Å². The highest BCUT2D eigenvalue weighted by molar-refractivity contribution is 5.97. The van der Waals surface area contributed by atoms with E-state index in [2.05, 4.69) is 23.9 Å². The zero-order valence-electron chi connectivity index (χ0n) is 13.7. The summed E-state index contributed by atoms with van der Waals surface area (Å²) in [5.41, 5.74) is 1.50. The maximum absolute atomic E-state index is 12.7. The van der Waals surface area contributed by atoms with Crippen molar-refractivity contribution in [2.45, 2.75) is 45.8 Å². The maximum Gasteiger partial charge on any atom is 0.344 e. The first-order chi connectivity index (χ1) is 11.0. The van der Waals surface area contributed by atoms with Crippen LogP contribution in [-0.4, -0.2) is 39.4 Å². The molecule has 2 aromatic heterocycles. The molecule has 3 heterocycles. The molecular formula is C17H21N3O3. The van der Waals surface area contributed by atoms with Crippen LogP contribution in [0.15, 0.2) is 18.5 Å². The van der Waals surface area contributed by atoms with Crippen LogP contribution in [0.4, 0.5) is 0 Å². The van der Waals surface area contributed by atoms with Crippen LogP contribution in [0.1, 0.15) is 42.7 Å². The third kappa shape index (κ3) is 2.08. The third-order valence-corrected chi connectivity index (χ3v) is 5.23. The first-order valence-electron chi connectivity index (χ1n) is 8.12. The SMILES string of the molecule is Cc1nn2cccnc2c1C(=O)OC1C2CCCOC2C1(C)C. The van der Waals surface area contributed by atoms with Gasteiger partial charge in [-0.15, -0.1) is 0 Å². The van der Waals surface area contributed by atoms with Crippen LogP contribution in [-0.2, 0) is 9.47 Å². The van der Waals surface area contributed by atoms with E-state index in [0.29, 0.717) is 22.8 Å². The van der Waals surface area contributed by atoms with Gasteiger partial charge < -0.3 is 9.47 Å². The lowest BCUT2D eigenvalue weighted by atomic mass is 9.57. The van der Waals surface area contributed by atoms with Gasteiger partial charge in [-0.2, -0.15) is 5.10 Å². The van der Waals surface area contributed by atoms with Crippen molar-refractivity contribution < 1.29 is 14.3 Å². The lowest BCUT2D eigenvalue weighted by molar-refractivity contribution is -0.243. The molecule has 2 aromatic rings. The summed E-state index contributed by atoms with van der Waals surface area (Å²) in [6, 6.07) is 1.79. The van der Waals surface area contributed by atoms with E-state index in [0.717, 1.165) is 19.4 Å². The molecule has 0 radical (unpaired) electrons. The highest BCUT2D eigenvalue weighted by Crippen LogP contribution is 2.53. The number of hydrogen-bond acceptors (Lipinski definition) is 5. The smallest absolute Gasteiger partial charge is 0.344 e. The molecule has 1 saturated carbocycles. The molecular weight excluding hydrogens is 294 g/mol. The molecule has 0 N–H and O–H groups in total. The fourth-order valence-corrected chi connectivity index (χ4v) is 4.13. The van der Waals surface area contributed by atoms with Gasteiger partial charge in [0.15, 0.2) is 5.65 Å². The highest BCUT2D eigenvalue weighted by atomic mass is 16.6. The molecule has 0 aromatic carbocycles. The fourth-order valence-electron chi connectivity index (χ4n) is 4.13. The largest absolute Gasteiger partial charge is 0.458 e. The second-order valence-electron chi connectivity index (χ2n) is 7.09.